The molecule has 2 aromatic rings. The van der Waals surface area contributed by atoms with Gasteiger partial charge in [-0.15, -0.1) is 0 Å². The zero-order valence-electron chi connectivity index (χ0n) is 12.2. The van der Waals surface area contributed by atoms with Crippen LogP contribution in [0.2, 0.25) is 0 Å². The average Bonchev–Trinajstić information content (AvgIpc) is 3.29. The van der Waals surface area contributed by atoms with Crippen LogP contribution in [-0.4, -0.2) is 11.9 Å². The van der Waals surface area contributed by atoms with E-state index in [1.165, 1.54) is 5.56 Å². The summed E-state index contributed by atoms with van der Waals surface area (Å²) in [5.74, 6) is 0.0465. The van der Waals surface area contributed by atoms with Crippen LogP contribution in [-0.2, 0) is 4.79 Å². The summed E-state index contributed by atoms with van der Waals surface area (Å²) in [5, 5.41) is 6.44. The normalized spacial score (nSPS) is 15.3. The standard InChI is InChI=1S/C18H20N2O/c1-13-6-5-9-16(12-13)19-17(14-7-3-2-4-8-14)18(21)20-15-10-11-15/h2-9,12,15,17,19H,10-11H2,1H3,(H,20,21)/t17-/m1/s1. The maximum absolute atomic E-state index is 12.5. The number of carbonyl (C=O) groups excluding carboxylic acids is 1. The van der Waals surface area contributed by atoms with Crippen LogP contribution >= 0.6 is 0 Å². The molecular weight excluding hydrogens is 260 g/mol. The van der Waals surface area contributed by atoms with Crippen molar-refractivity contribution >= 4 is 11.6 Å². The van der Waals surface area contributed by atoms with Crippen molar-refractivity contribution in [2.75, 3.05) is 5.32 Å². The Morgan fingerprint density at radius 2 is 1.86 bits per heavy atom. The summed E-state index contributed by atoms with van der Waals surface area (Å²) in [7, 11) is 0. The van der Waals surface area contributed by atoms with Gasteiger partial charge in [-0.2, -0.15) is 0 Å². The van der Waals surface area contributed by atoms with Crippen LogP contribution in [0.25, 0.3) is 0 Å². The van der Waals surface area contributed by atoms with E-state index >= 15 is 0 Å². The molecule has 3 nitrogen and oxygen atoms in total. The molecule has 0 aliphatic heterocycles. The summed E-state index contributed by atoms with van der Waals surface area (Å²) >= 11 is 0. The lowest BCUT2D eigenvalue weighted by atomic mass is 10.1. The second-order valence-corrected chi connectivity index (χ2v) is 5.64. The number of rotatable bonds is 5. The van der Waals surface area contributed by atoms with Gasteiger partial charge in [-0.3, -0.25) is 4.79 Å². The average molecular weight is 280 g/mol. The first-order valence-electron chi connectivity index (χ1n) is 7.41. The Kier molecular flexibility index (Phi) is 3.91. The smallest absolute Gasteiger partial charge is 0.247 e. The Morgan fingerprint density at radius 3 is 2.52 bits per heavy atom. The van der Waals surface area contributed by atoms with Crippen molar-refractivity contribution in [3.63, 3.8) is 0 Å². The van der Waals surface area contributed by atoms with Crippen LogP contribution < -0.4 is 10.6 Å². The number of hydrogen-bond donors (Lipinski definition) is 2. The van der Waals surface area contributed by atoms with Gasteiger partial charge in [-0.05, 0) is 43.0 Å². The van der Waals surface area contributed by atoms with Gasteiger partial charge in [0.25, 0.3) is 0 Å². The van der Waals surface area contributed by atoms with E-state index in [1.54, 1.807) is 0 Å². The summed E-state index contributed by atoms with van der Waals surface area (Å²) in [6.45, 7) is 2.05. The third kappa shape index (κ3) is 3.63. The molecule has 1 aliphatic rings. The molecule has 108 valence electrons. The minimum absolute atomic E-state index is 0.0465. The molecule has 0 spiro atoms. The van der Waals surface area contributed by atoms with Gasteiger partial charge in [0.15, 0.2) is 0 Å². The molecule has 1 fully saturated rings. The van der Waals surface area contributed by atoms with E-state index in [9.17, 15) is 4.79 Å². The molecule has 0 unspecified atom stereocenters. The predicted molar refractivity (Wildman–Crippen MR) is 85.1 cm³/mol. The minimum Gasteiger partial charge on any atom is -0.370 e. The van der Waals surface area contributed by atoms with Gasteiger partial charge in [0.05, 0.1) is 0 Å². The van der Waals surface area contributed by atoms with Crippen molar-refractivity contribution in [1.82, 2.24) is 5.32 Å². The lowest BCUT2D eigenvalue weighted by Gasteiger charge is -2.20. The lowest BCUT2D eigenvalue weighted by molar-refractivity contribution is -0.122. The fourth-order valence-corrected chi connectivity index (χ4v) is 2.36. The third-order valence-corrected chi connectivity index (χ3v) is 3.65. The quantitative estimate of drug-likeness (QED) is 0.881. The van der Waals surface area contributed by atoms with Gasteiger partial charge in [-0.25, -0.2) is 0 Å². The highest BCUT2D eigenvalue weighted by Gasteiger charge is 2.28. The van der Waals surface area contributed by atoms with Gasteiger partial charge in [0.2, 0.25) is 5.91 Å². The molecule has 1 atom stereocenters. The molecule has 1 saturated carbocycles. The van der Waals surface area contributed by atoms with E-state index < -0.39 is 0 Å². The molecule has 2 aromatic carbocycles. The van der Waals surface area contributed by atoms with Crippen molar-refractivity contribution < 1.29 is 4.79 Å². The van der Waals surface area contributed by atoms with Crippen molar-refractivity contribution in [2.24, 2.45) is 0 Å². The number of benzene rings is 2. The molecule has 0 heterocycles. The van der Waals surface area contributed by atoms with Crippen LogP contribution in [0.1, 0.15) is 30.0 Å². The van der Waals surface area contributed by atoms with Crippen LogP contribution in [0, 0.1) is 6.92 Å². The maximum atomic E-state index is 12.5. The summed E-state index contributed by atoms with van der Waals surface area (Å²) in [6.07, 6.45) is 2.19. The van der Waals surface area contributed by atoms with Crippen LogP contribution in [0.4, 0.5) is 5.69 Å². The summed E-state index contributed by atoms with van der Waals surface area (Å²) in [5.41, 5.74) is 3.13. The summed E-state index contributed by atoms with van der Waals surface area (Å²) in [6, 6.07) is 18.0. The molecule has 0 aromatic heterocycles. The largest absolute Gasteiger partial charge is 0.370 e. The van der Waals surface area contributed by atoms with Crippen molar-refractivity contribution in [2.45, 2.75) is 31.8 Å². The Hall–Kier alpha value is -2.29. The van der Waals surface area contributed by atoms with Gasteiger partial charge in [0.1, 0.15) is 6.04 Å². The fourth-order valence-electron chi connectivity index (χ4n) is 2.36. The number of carbonyl (C=O) groups is 1. The summed E-state index contributed by atoms with van der Waals surface area (Å²) < 4.78 is 0. The van der Waals surface area contributed by atoms with E-state index in [-0.39, 0.29) is 11.9 Å². The number of hydrogen-bond acceptors (Lipinski definition) is 2. The molecule has 1 aliphatic carbocycles. The second kappa shape index (κ2) is 6.00. The van der Waals surface area contributed by atoms with Crippen molar-refractivity contribution in [1.29, 1.82) is 0 Å². The Morgan fingerprint density at radius 1 is 1.10 bits per heavy atom. The van der Waals surface area contributed by atoms with Gasteiger partial charge >= 0.3 is 0 Å². The Bertz CT molecular complexity index is 620. The number of aryl methyl sites for hydroxylation is 1. The van der Waals surface area contributed by atoms with Crippen LogP contribution in [0.15, 0.2) is 54.6 Å². The Labute approximate surface area is 125 Å². The first-order chi connectivity index (χ1) is 10.2. The lowest BCUT2D eigenvalue weighted by Crippen LogP contribution is -2.34. The maximum Gasteiger partial charge on any atom is 0.247 e. The molecule has 2 N–H and O–H groups in total. The van der Waals surface area contributed by atoms with Crippen LogP contribution in [0.5, 0.6) is 0 Å². The molecule has 0 bridgehead atoms. The molecule has 0 saturated heterocycles. The molecule has 3 rings (SSSR count). The number of nitrogens with one attached hydrogen (secondary N) is 2. The Balaban J connectivity index is 1.82. The molecule has 0 radical (unpaired) electrons. The van der Waals surface area contributed by atoms with Crippen molar-refractivity contribution in [3.05, 3.63) is 65.7 Å². The third-order valence-electron chi connectivity index (χ3n) is 3.65. The topological polar surface area (TPSA) is 41.1 Å². The predicted octanol–water partition coefficient (Wildman–Crippen LogP) is 3.43. The zero-order valence-corrected chi connectivity index (χ0v) is 12.2. The molecular formula is C18H20N2O. The highest BCUT2D eigenvalue weighted by atomic mass is 16.2. The first kappa shape index (κ1) is 13.7. The monoisotopic (exact) mass is 280 g/mol. The highest BCUT2D eigenvalue weighted by Crippen LogP contribution is 2.24. The van der Waals surface area contributed by atoms with E-state index in [1.807, 2.05) is 55.5 Å². The fraction of sp³-hybridized carbons (Fsp3) is 0.278. The van der Waals surface area contributed by atoms with Gasteiger partial charge in [0, 0.05) is 11.7 Å². The molecule has 21 heavy (non-hydrogen) atoms. The second-order valence-electron chi connectivity index (χ2n) is 5.64. The first-order valence-corrected chi connectivity index (χ1v) is 7.41. The van der Waals surface area contributed by atoms with Crippen molar-refractivity contribution in [3.8, 4) is 0 Å². The van der Waals surface area contributed by atoms with Gasteiger partial charge < -0.3 is 10.6 Å². The van der Waals surface area contributed by atoms with E-state index in [0.717, 1.165) is 24.1 Å². The SMILES string of the molecule is Cc1cccc(N[C@@H](C(=O)NC2CC2)c2ccccc2)c1. The highest BCUT2D eigenvalue weighted by molar-refractivity contribution is 5.86. The van der Waals surface area contributed by atoms with Gasteiger partial charge in [-0.1, -0.05) is 42.5 Å². The number of amides is 1. The molecule has 1 amide bonds. The zero-order chi connectivity index (χ0) is 14.7. The van der Waals surface area contributed by atoms with E-state index in [4.69, 9.17) is 0 Å². The number of anilines is 1. The minimum atomic E-state index is -0.353. The summed E-state index contributed by atoms with van der Waals surface area (Å²) in [4.78, 5) is 12.5. The van der Waals surface area contributed by atoms with Crippen LogP contribution in [0.3, 0.4) is 0 Å². The van der Waals surface area contributed by atoms with E-state index in [0.29, 0.717) is 6.04 Å². The van der Waals surface area contributed by atoms with E-state index in [2.05, 4.69) is 16.7 Å². The molecule has 3 heteroatoms.